The van der Waals surface area contributed by atoms with Crippen molar-refractivity contribution in [2.24, 2.45) is 0 Å². The number of ether oxygens (including phenoxy) is 1. The van der Waals surface area contributed by atoms with Gasteiger partial charge in [0.15, 0.2) is 5.75 Å². The molecule has 2 aromatic carbocycles. The first kappa shape index (κ1) is 14.9. The Morgan fingerprint density at radius 2 is 1.71 bits per heavy atom. The van der Waals surface area contributed by atoms with E-state index in [2.05, 4.69) is 6.58 Å². The van der Waals surface area contributed by atoms with E-state index in [1.807, 2.05) is 0 Å². The van der Waals surface area contributed by atoms with Gasteiger partial charge in [0.1, 0.15) is 16.4 Å². The van der Waals surface area contributed by atoms with Gasteiger partial charge in [-0.1, -0.05) is 18.7 Å². The Hall–Kier alpha value is -2.47. The molecule has 2 rings (SSSR count). The number of phenols is 1. The third-order valence-corrected chi connectivity index (χ3v) is 4.01. The summed E-state index contributed by atoms with van der Waals surface area (Å²) in [7, 11) is -2.56. The average Bonchev–Trinajstić information content (AvgIpc) is 2.47. The van der Waals surface area contributed by atoms with E-state index in [-0.39, 0.29) is 16.4 Å². The summed E-state index contributed by atoms with van der Waals surface area (Å²) in [6.45, 7) is 3.69. The van der Waals surface area contributed by atoms with E-state index in [9.17, 15) is 13.5 Å². The molecule has 0 amide bonds. The molecule has 0 radical (unpaired) electrons. The van der Waals surface area contributed by atoms with Crippen LogP contribution in [0.25, 0.3) is 5.76 Å². The average molecular weight is 306 g/mol. The lowest BCUT2D eigenvalue weighted by atomic mass is 10.2. The fourth-order valence-electron chi connectivity index (χ4n) is 1.66. The SMILES string of the molecule is C=C(OC)c1ccccc1OS(=O)(=O)c1ccc(O)cc1. The highest BCUT2D eigenvalue weighted by Crippen LogP contribution is 2.28. The molecule has 0 fully saturated rings. The molecular weight excluding hydrogens is 292 g/mol. The zero-order chi connectivity index (χ0) is 15.5. The topological polar surface area (TPSA) is 72.8 Å². The summed E-state index contributed by atoms with van der Waals surface area (Å²) in [5.74, 6) is 0.394. The third-order valence-electron chi connectivity index (χ3n) is 2.76. The molecule has 110 valence electrons. The molecule has 0 aliphatic heterocycles. The number of hydrogen-bond acceptors (Lipinski definition) is 5. The molecule has 21 heavy (non-hydrogen) atoms. The molecule has 0 heterocycles. The molecule has 0 saturated heterocycles. The molecule has 5 nitrogen and oxygen atoms in total. The van der Waals surface area contributed by atoms with Crippen molar-refractivity contribution in [3.63, 3.8) is 0 Å². The van der Waals surface area contributed by atoms with E-state index in [0.29, 0.717) is 11.3 Å². The van der Waals surface area contributed by atoms with Crippen molar-refractivity contribution >= 4 is 15.9 Å². The highest BCUT2D eigenvalue weighted by molar-refractivity contribution is 7.87. The van der Waals surface area contributed by atoms with E-state index in [1.54, 1.807) is 18.2 Å². The fourth-order valence-corrected chi connectivity index (χ4v) is 2.61. The molecule has 6 heteroatoms. The predicted molar refractivity (Wildman–Crippen MR) is 78.4 cm³/mol. The van der Waals surface area contributed by atoms with Gasteiger partial charge in [0.2, 0.25) is 0 Å². The smallest absolute Gasteiger partial charge is 0.339 e. The van der Waals surface area contributed by atoms with Gasteiger partial charge in [0.25, 0.3) is 0 Å². The van der Waals surface area contributed by atoms with E-state index in [0.717, 1.165) is 0 Å². The second kappa shape index (κ2) is 5.88. The Bertz CT molecular complexity index is 748. The molecule has 0 aliphatic rings. The van der Waals surface area contributed by atoms with Crippen LogP contribution in [0, 0.1) is 0 Å². The molecular formula is C15H14O5S. The minimum Gasteiger partial charge on any atom is -0.508 e. The van der Waals surface area contributed by atoms with Crippen LogP contribution in [0.15, 0.2) is 60.0 Å². The highest BCUT2D eigenvalue weighted by atomic mass is 32.2. The second-order valence-corrected chi connectivity index (χ2v) is 5.70. The van der Waals surface area contributed by atoms with Gasteiger partial charge in [-0.25, -0.2) is 0 Å². The van der Waals surface area contributed by atoms with Crippen molar-refractivity contribution in [2.75, 3.05) is 7.11 Å². The van der Waals surface area contributed by atoms with Crippen molar-refractivity contribution in [2.45, 2.75) is 4.90 Å². The molecule has 0 aliphatic carbocycles. The number of methoxy groups -OCH3 is 1. The summed E-state index contributed by atoms with van der Waals surface area (Å²) in [4.78, 5) is -0.0573. The number of rotatable bonds is 5. The lowest BCUT2D eigenvalue weighted by molar-refractivity contribution is 0.369. The summed E-state index contributed by atoms with van der Waals surface area (Å²) in [5.41, 5.74) is 0.447. The van der Waals surface area contributed by atoms with Gasteiger partial charge in [0.05, 0.1) is 12.7 Å². The first-order chi connectivity index (χ1) is 9.94. The van der Waals surface area contributed by atoms with E-state index < -0.39 is 10.1 Å². The van der Waals surface area contributed by atoms with Crippen molar-refractivity contribution < 1.29 is 22.4 Å². The number of hydrogen-bond donors (Lipinski definition) is 1. The van der Waals surface area contributed by atoms with Crippen LogP contribution in [0.2, 0.25) is 0 Å². The lowest BCUT2D eigenvalue weighted by Gasteiger charge is -2.12. The van der Waals surface area contributed by atoms with Gasteiger partial charge in [0, 0.05) is 0 Å². The van der Waals surface area contributed by atoms with E-state index in [4.69, 9.17) is 8.92 Å². The van der Waals surface area contributed by atoms with Crippen molar-refractivity contribution in [1.29, 1.82) is 0 Å². The quantitative estimate of drug-likeness (QED) is 0.679. The largest absolute Gasteiger partial charge is 0.508 e. The van der Waals surface area contributed by atoms with Crippen LogP contribution in [-0.4, -0.2) is 20.6 Å². The summed E-state index contributed by atoms with van der Waals surface area (Å²) in [6, 6.07) is 11.6. The molecule has 0 bridgehead atoms. The molecule has 0 spiro atoms. The zero-order valence-corrected chi connectivity index (χ0v) is 12.1. The minimum atomic E-state index is -4.00. The zero-order valence-electron chi connectivity index (χ0n) is 11.3. The fraction of sp³-hybridized carbons (Fsp3) is 0.0667. The van der Waals surface area contributed by atoms with Crippen LogP contribution in [0.3, 0.4) is 0 Å². The third kappa shape index (κ3) is 3.35. The Kier molecular flexibility index (Phi) is 4.18. The van der Waals surface area contributed by atoms with Gasteiger partial charge < -0.3 is 14.0 Å². The van der Waals surface area contributed by atoms with Gasteiger partial charge in [-0.15, -0.1) is 0 Å². The van der Waals surface area contributed by atoms with Crippen LogP contribution in [0.1, 0.15) is 5.56 Å². The number of para-hydroxylation sites is 1. The normalized spacial score (nSPS) is 10.9. The monoisotopic (exact) mass is 306 g/mol. The summed E-state index contributed by atoms with van der Waals surface area (Å²) < 4.78 is 34.5. The van der Waals surface area contributed by atoms with Crippen molar-refractivity contribution in [3.05, 3.63) is 60.7 Å². The molecule has 2 aromatic rings. The van der Waals surface area contributed by atoms with Gasteiger partial charge in [-0.3, -0.25) is 0 Å². The number of phenolic OH excluding ortho intramolecular Hbond substituents is 1. The Morgan fingerprint density at radius 1 is 1.10 bits per heavy atom. The van der Waals surface area contributed by atoms with Crippen LogP contribution < -0.4 is 4.18 Å². The molecule has 0 aromatic heterocycles. The highest BCUT2D eigenvalue weighted by Gasteiger charge is 2.19. The maximum absolute atomic E-state index is 12.2. The molecule has 0 saturated carbocycles. The van der Waals surface area contributed by atoms with E-state index >= 15 is 0 Å². The van der Waals surface area contributed by atoms with Gasteiger partial charge in [-0.05, 0) is 36.4 Å². The summed E-state index contributed by atoms with van der Waals surface area (Å²) >= 11 is 0. The Morgan fingerprint density at radius 3 is 2.33 bits per heavy atom. The lowest BCUT2D eigenvalue weighted by Crippen LogP contribution is -2.10. The van der Waals surface area contributed by atoms with Crippen molar-refractivity contribution in [3.8, 4) is 11.5 Å². The van der Waals surface area contributed by atoms with Crippen LogP contribution in [0.4, 0.5) is 0 Å². The first-order valence-electron chi connectivity index (χ1n) is 6.00. The maximum Gasteiger partial charge on any atom is 0.339 e. The summed E-state index contributed by atoms with van der Waals surface area (Å²) in [6.07, 6.45) is 0. The van der Waals surface area contributed by atoms with Crippen LogP contribution in [-0.2, 0) is 14.9 Å². The standard InChI is InChI=1S/C15H14O5S/c1-11(19-2)14-5-3-4-6-15(14)20-21(17,18)13-9-7-12(16)8-10-13/h3-10,16H,1H2,2H3. The number of aromatic hydroxyl groups is 1. The van der Waals surface area contributed by atoms with Crippen molar-refractivity contribution in [1.82, 2.24) is 0 Å². The Labute approximate surface area is 123 Å². The minimum absolute atomic E-state index is 0.0258. The van der Waals surface area contributed by atoms with Gasteiger partial charge >= 0.3 is 10.1 Å². The first-order valence-corrected chi connectivity index (χ1v) is 7.40. The molecule has 0 atom stereocenters. The molecule has 0 unspecified atom stereocenters. The summed E-state index contributed by atoms with van der Waals surface area (Å²) in [5, 5.41) is 9.20. The number of benzene rings is 2. The predicted octanol–water partition coefficient (Wildman–Crippen LogP) is 2.78. The second-order valence-electron chi connectivity index (χ2n) is 4.15. The van der Waals surface area contributed by atoms with E-state index in [1.165, 1.54) is 37.4 Å². The molecule has 1 N–H and O–H groups in total. The maximum atomic E-state index is 12.2. The van der Waals surface area contributed by atoms with Gasteiger partial charge in [-0.2, -0.15) is 8.42 Å². The Balaban J connectivity index is 2.37. The van der Waals surface area contributed by atoms with Crippen LogP contribution >= 0.6 is 0 Å². The van der Waals surface area contributed by atoms with Crippen LogP contribution in [0.5, 0.6) is 11.5 Å².